The van der Waals surface area contributed by atoms with Gasteiger partial charge >= 0.3 is 6.18 Å². The quantitative estimate of drug-likeness (QED) is 0.220. The molecular formula is C33H35F3N6O2. The van der Waals surface area contributed by atoms with Crippen molar-refractivity contribution in [2.24, 2.45) is 0 Å². The van der Waals surface area contributed by atoms with E-state index in [-0.39, 0.29) is 5.69 Å². The van der Waals surface area contributed by atoms with E-state index in [1.807, 2.05) is 36.1 Å². The number of fused-ring (bicyclic) bond motifs is 1. The summed E-state index contributed by atoms with van der Waals surface area (Å²) in [5.41, 5.74) is 3.79. The monoisotopic (exact) mass is 604 g/mol. The minimum atomic E-state index is -4.51. The first kappa shape index (κ1) is 29.8. The molecule has 2 N–H and O–H groups in total. The average Bonchev–Trinajstić information content (AvgIpc) is 2.99. The molecule has 230 valence electrons. The number of aryl methyl sites for hydroxylation is 1. The van der Waals surface area contributed by atoms with Crippen molar-refractivity contribution in [3.8, 4) is 11.1 Å². The zero-order valence-electron chi connectivity index (χ0n) is 24.6. The van der Waals surface area contributed by atoms with Crippen LogP contribution < -0.4 is 15.5 Å². The summed E-state index contributed by atoms with van der Waals surface area (Å²) in [7, 11) is 0. The number of hydrogen-bond donors (Lipinski definition) is 2. The van der Waals surface area contributed by atoms with Gasteiger partial charge in [-0.15, -0.1) is 0 Å². The van der Waals surface area contributed by atoms with Crippen molar-refractivity contribution in [3.63, 3.8) is 0 Å². The van der Waals surface area contributed by atoms with Crippen LogP contribution >= 0.6 is 0 Å². The Bertz CT molecular complexity index is 1650. The summed E-state index contributed by atoms with van der Waals surface area (Å²) in [6, 6.07) is 14.7. The summed E-state index contributed by atoms with van der Waals surface area (Å²) in [4.78, 5) is 26.9. The van der Waals surface area contributed by atoms with E-state index in [4.69, 9.17) is 4.74 Å². The van der Waals surface area contributed by atoms with Crippen molar-refractivity contribution in [1.82, 2.24) is 14.9 Å². The highest BCUT2D eigenvalue weighted by molar-refractivity contribution is 6.07. The molecule has 0 aliphatic carbocycles. The van der Waals surface area contributed by atoms with Crippen LogP contribution in [0.1, 0.15) is 34.3 Å². The second kappa shape index (κ2) is 12.8. The van der Waals surface area contributed by atoms with Gasteiger partial charge in [0.25, 0.3) is 5.91 Å². The predicted octanol–water partition coefficient (Wildman–Crippen LogP) is 6.22. The van der Waals surface area contributed by atoms with Crippen molar-refractivity contribution in [2.75, 3.05) is 68.0 Å². The highest BCUT2D eigenvalue weighted by atomic mass is 19.4. The number of benzene rings is 3. The molecule has 0 bridgehead atoms. The normalized spacial score (nSPS) is 15.7. The molecule has 44 heavy (non-hydrogen) atoms. The predicted molar refractivity (Wildman–Crippen MR) is 166 cm³/mol. The largest absolute Gasteiger partial charge is 0.416 e. The maximum absolute atomic E-state index is 13.5. The van der Waals surface area contributed by atoms with Crippen LogP contribution in [0.5, 0.6) is 0 Å². The Balaban J connectivity index is 1.17. The summed E-state index contributed by atoms with van der Waals surface area (Å²) in [5.74, 6) is 0.107. The van der Waals surface area contributed by atoms with Crippen LogP contribution in [-0.2, 0) is 10.9 Å². The minimum Gasteiger partial charge on any atom is -0.379 e. The van der Waals surface area contributed by atoms with Crippen LogP contribution in [0.3, 0.4) is 0 Å². The van der Waals surface area contributed by atoms with E-state index >= 15 is 0 Å². The molecule has 11 heteroatoms. The summed E-state index contributed by atoms with van der Waals surface area (Å²) in [6.07, 6.45) is -0.785. The van der Waals surface area contributed by atoms with Gasteiger partial charge in [-0.2, -0.15) is 13.2 Å². The molecule has 3 heterocycles. The lowest BCUT2D eigenvalue weighted by Crippen LogP contribution is -2.37. The topological polar surface area (TPSA) is 82.6 Å². The molecule has 0 radical (unpaired) electrons. The first-order valence-electron chi connectivity index (χ1n) is 14.9. The number of ether oxygens (including phenoxy) is 1. The number of morpholine rings is 1. The van der Waals surface area contributed by atoms with Crippen LogP contribution in [0, 0.1) is 6.92 Å². The Morgan fingerprint density at radius 3 is 2.57 bits per heavy atom. The first-order chi connectivity index (χ1) is 21.2. The van der Waals surface area contributed by atoms with E-state index in [1.165, 1.54) is 6.07 Å². The highest BCUT2D eigenvalue weighted by Gasteiger charge is 2.32. The first-order valence-corrected chi connectivity index (χ1v) is 14.9. The molecule has 8 nitrogen and oxygen atoms in total. The zero-order valence-corrected chi connectivity index (χ0v) is 24.6. The van der Waals surface area contributed by atoms with Gasteiger partial charge < -0.3 is 20.3 Å². The van der Waals surface area contributed by atoms with Gasteiger partial charge in [-0.05, 0) is 85.5 Å². The third kappa shape index (κ3) is 6.79. The van der Waals surface area contributed by atoms with Gasteiger partial charge in [0.05, 0.1) is 35.7 Å². The Morgan fingerprint density at radius 1 is 1.00 bits per heavy atom. The number of amides is 1. The van der Waals surface area contributed by atoms with Crippen LogP contribution in [0.25, 0.3) is 22.0 Å². The number of carbonyl (C=O) groups excluding carboxylic acids is 1. The van der Waals surface area contributed by atoms with Gasteiger partial charge in [-0.1, -0.05) is 12.1 Å². The van der Waals surface area contributed by atoms with E-state index in [1.54, 1.807) is 18.3 Å². The van der Waals surface area contributed by atoms with Crippen molar-refractivity contribution in [2.45, 2.75) is 25.9 Å². The van der Waals surface area contributed by atoms with Crippen molar-refractivity contribution in [3.05, 3.63) is 77.5 Å². The maximum Gasteiger partial charge on any atom is 0.416 e. The van der Waals surface area contributed by atoms with Gasteiger partial charge in [-0.25, -0.2) is 9.97 Å². The molecule has 0 atom stereocenters. The third-order valence-corrected chi connectivity index (χ3v) is 8.20. The molecule has 4 aromatic rings. The number of nitrogens with one attached hydrogen (secondary N) is 2. The number of alkyl halides is 3. The third-order valence-electron chi connectivity index (χ3n) is 8.20. The average molecular weight is 605 g/mol. The Morgan fingerprint density at radius 2 is 1.82 bits per heavy atom. The van der Waals surface area contributed by atoms with E-state index < -0.39 is 17.6 Å². The van der Waals surface area contributed by atoms with E-state index in [0.717, 1.165) is 105 Å². The minimum absolute atomic E-state index is 0.153. The fourth-order valence-corrected chi connectivity index (χ4v) is 5.53. The molecule has 2 saturated heterocycles. The van der Waals surface area contributed by atoms with Crippen LogP contribution in [0.15, 0.2) is 60.8 Å². The van der Waals surface area contributed by atoms with Crippen LogP contribution in [0.2, 0.25) is 0 Å². The molecule has 0 saturated carbocycles. The highest BCUT2D eigenvalue weighted by Crippen LogP contribution is 2.37. The zero-order chi connectivity index (χ0) is 30.7. The molecule has 1 amide bonds. The molecule has 2 aliphatic heterocycles. The van der Waals surface area contributed by atoms with Gasteiger partial charge in [0.1, 0.15) is 0 Å². The smallest absolute Gasteiger partial charge is 0.379 e. The molecule has 0 spiro atoms. The van der Waals surface area contributed by atoms with Crippen LogP contribution in [0.4, 0.5) is 30.5 Å². The maximum atomic E-state index is 13.5. The summed E-state index contributed by atoms with van der Waals surface area (Å²) in [6.45, 7) is 8.73. The van der Waals surface area contributed by atoms with Crippen molar-refractivity contribution in [1.29, 1.82) is 0 Å². The Labute approximate surface area is 254 Å². The Kier molecular flexibility index (Phi) is 8.67. The molecule has 6 rings (SSSR count). The molecule has 1 aromatic heterocycles. The molecule has 2 aliphatic rings. The van der Waals surface area contributed by atoms with E-state index in [2.05, 4.69) is 25.5 Å². The van der Waals surface area contributed by atoms with Gasteiger partial charge in [-0.3, -0.25) is 9.69 Å². The second-order valence-electron chi connectivity index (χ2n) is 11.3. The van der Waals surface area contributed by atoms with E-state index in [9.17, 15) is 18.0 Å². The van der Waals surface area contributed by atoms with Crippen molar-refractivity contribution < 1.29 is 22.7 Å². The van der Waals surface area contributed by atoms with Gasteiger partial charge in [0.2, 0.25) is 5.95 Å². The summed E-state index contributed by atoms with van der Waals surface area (Å²) in [5, 5.41) is 6.92. The lowest BCUT2D eigenvalue weighted by molar-refractivity contribution is -0.137. The number of carbonyl (C=O) groups is 1. The molecule has 0 unspecified atom stereocenters. The number of hydrogen-bond acceptors (Lipinski definition) is 7. The standard InChI is InChI=1S/C33H35F3N6O2/c1-22-4-5-24(31(43)39-29-20-26(33(34,35)36)7-9-30(29)42-12-3-13-42)19-27(22)23-6-8-28-25(18-23)21-38-32(40-28)37-10-2-11-41-14-16-44-17-15-41/h4-9,18-21H,2-3,10-17H2,1H3,(H,39,43)(H,37,38,40). The van der Waals surface area contributed by atoms with Crippen LogP contribution in [-0.4, -0.2) is 73.3 Å². The lowest BCUT2D eigenvalue weighted by atomic mass is 9.96. The van der Waals surface area contributed by atoms with Gasteiger partial charge in [0.15, 0.2) is 0 Å². The number of aromatic nitrogens is 2. The molecule has 3 aromatic carbocycles. The SMILES string of the molecule is Cc1ccc(C(=O)Nc2cc(C(F)(F)F)ccc2N2CCC2)cc1-c1ccc2nc(NCCCN3CCOCC3)ncc2c1. The number of halogens is 3. The van der Waals surface area contributed by atoms with E-state index in [0.29, 0.717) is 17.2 Å². The molecular weight excluding hydrogens is 569 g/mol. The van der Waals surface area contributed by atoms with Gasteiger partial charge in [0, 0.05) is 49.9 Å². The number of nitrogens with zero attached hydrogens (tertiary/aromatic N) is 4. The second-order valence-corrected chi connectivity index (χ2v) is 11.3. The fraction of sp³-hybridized carbons (Fsp3) is 0.364. The fourth-order valence-electron chi connectivity index (χ4n) is 5.53. The number of anilines is 3. The lowest BCUT2D eigenvalue weighted by Gasteiger charge is -2.35. The Hall–Kier alpha value is -4.22. The van der Waals surface area contributed by atoms with Crippen molar-refractivity contribution >= 4 is 34.1 Å². The number of rotatable bonds is 9. The molecule has 2 fully saturated rings. The summed E-state index contributed by atoms with van der Waals surface area (Å²) < 4.78 is 45.8. The summed E-state index contributed by atoms with van der Waals surface area (Å²) >= 11 is 0.